The summed E-state index contributed by atoms with van der Waals surface area (Å²) in [5, 5.41) is 13.6. The van der Waals surface area contributed by atoms with Crippen LogP contribution in [0.4, 0.5) is 5.82 Å². The second kappa shape index (κ2) is 7.08. The molecule has 3 aromatic rings. The molecule has 0 radical (unpaired) electrons. The van der Waals surface area contributed by atoms with Gasteiger partial charge >= 0.3 is 0 Å². The average molecular weight is 381 g/mol. The summed E-state index contributed by atoms with van der Waals surface area (Å²) in [6, 6.07) is 7.42. The van der Waals surface area contributed by atoms with Crippen LogP contribution in [0.5, 0.6) is 0 Å². The van der Waals surface area contributed by atoms with Crippen LogP contribution in [0.1, 0.15) is 47.9 Å². The van der Waals surface area contributed by atoms with Gasteiger partial charge in [-0.25, -0.2) is 9.67 Å². The maximum Gasteiger partial charge on any atom is 0.275 e. The first-order valence-electron chi connectivity index (χ1n) is 9.33. The van der Waals surface area contributed by atoms with Crippen molar-refractivity contribution in [3.8, 4) is 0 Å². The Labute approximate surface area is 162 Å². The first-order chi connectivity index (χ1) is 13.5. The van der Waals surface area contributed by atoms with Gasteiger partial charge in [0.25, 0.3) is 5.91 Å². The number of anilines is 1. The molecule has 28 heavy (non-hydrogen) atoms. The Morgan fingerprint density at radius 3 is 2.96 bits per heavy atom. The third-order valence-corrected chi connectivity index (χ3v) is 4.88. The van der Waals surface area contributed by atoms with Crippen molar-refractivity contribution in [2.45, 2.75) is 45.9 Å². The number of nitrogens with zero attached hydrogens (tertiary/aromatic N) is 4. The summed E-state index contributed by atoms with van der Waals surface area (Å²) >= 11 is 0. The minimum absolute atomic E-state index is 0.0429. The Morgan fingerprint density at radius 2 is 2.18 bits per heavy atom. The van der Waals surface area contributed by atoms with Gasteiger partial charge in [-0.05, 0) is 32.4 Å². The van der Waals surface area contributed by atoms with Crippen molar-refractivity contribution in [1.82, 2.24) is 29.8 Å². The van der Waals surface area contributed by atoms with Gasteiger partial charge in [-0.1, -0.05) is 13.0 Å². The lowest BCUT2D eigenvalue weighted by atomic mass is 10.1. The third kappa shape index (κ3) is 3.24. The number of aryl methyl sites for hydroxylation is 2. The van der Waals surface area contributed by atoms with Crippen LogP contribution in [-0.2, 0) is 4.79 Å². The molecule has 0 aromatic carbocycles. The minimum Gasteiger partial charge on any atom is -0.322 e. The smallest absolute Gasteiger partial charge is 0.275 e. The van der Waals surface area contributed by atoms with Crippen molar-refractivity contribution in [1.29, 1.82) is 0 Å². The Balaban J connectivity index is 1.64. The highest BCUT2D eigenvalue weighted by Gasteiger charge is 2.28. The van der Waals surface area contributed by atoms with Crippen molar-refractivity contribution >= 4 is 23.3 Å². The molecule has 4 heterocycles. The molecule has 1 saturated heterocycles. The van der Waals surface area contributed by atoms with Crippen LogP contribution in [0.15, 0.2) is 30.5 Å². The minimum atomic E-state index is -0.515. The normalized spacial score (nSPS) is 19.6. The zero-order valence-electron chi connectivity index (χ0n) is 16.1. The van der Waals surface area contributed by atoms with Crippen molar-refractivity contribution in [3.05, 3.63) is 47.5 Å². The first-order valence-corrected chi connectivity index (χ1v) is 9.33. The highest BCUT2D eigenvalue weighted by Crippen LogP contribution is 2.20. The molecule has 9 nitrogen and oxygen atoms in total. The standard InChI is InChI=1S/C19H23N7O2/c1-4-13-10-16(27)23-19(21-13)26-15(9-11(2)24-26)22-18(28)17-12(3)20-14-7-5-6-8-25(14)17/h5-9,13,19,21H,4,10H2,1-3H3,(H,22,28)(H,23,27). The number of hydrogen-bond donors (Lipinski definition) is 3. The molecule has 1 fully saturated rings. The monoisotopic (exact) mass is 381 g/mol. The molecule has 1 aliphatic rings. The fraction of sp³-hybridized carbons (Fsp3) is 0.368. The summed E-state index contributed by atoms with van der Waals surface area (Å²) in [6.45, 7) is 5.67. The molecule has 3 aromatic heterocycles. The number of rotatable bonds is 4. The van der Waals surface area contributed by atoms with Crippen LogP contribution in [0.2, 0.25) is 0 Å². The SMILES string of the molecule is CCC1CC(=O)NC(n2nc(C)cc2NC(=O)c2c(C)nc3ccccn23)N1. The maximum atomic E-state index is 13.0. The van der Waals surface area contributed by atoms with Crippen molar-refractivity contribution in [2.24, 2.45) is 0 Å². The summed E-state index contributed by atoms with van der Waals surface area (Å²) in [7, 11) is 0. The largest absolute Gasteiger partial charge is 0.322 e. The molecule has 2 unspecified atom stereocenters. The Kier molecular flexibility index (Phi) is 4.60. The van der Waals surface area contributed by atoms with E-state index in [1.165, 1.54) is 0 Å². The van der Waals surface area contributed by atoms with Gasteiger partial charge in [0.1, 0.15) is 17.2 Å². The lowest BCUT2D eigenvalue weighted by Crippen LogP contribution is -2.53. The van der Waals surface area contributed by atoms with E-state index in [9.17, 15) is 9.59 Å². The maximum absolute atomic E-state index is 13.0. The van der Waals surface area contributed by atoms with E-state index in [1.807, 2.05) is 38.2 Å². The number of fused-ring (bicyclic) bond motifs is 1. The zero-order chi connectivity index (χ0) is 19.8. The number of pyridine rings is 1. The van der Waals surface area contributed by atoms with Gasteiger partial charge in [0, 0.05) is 24.7 Å². The van der Waals surface area contributed by atoms with Gasteiger partial charge < -0.3 is 10.6 Å². The van der Waals surface area contributed by atoms with Crippen LogP contribution in [0.3, 0.4) is 0 Å². The van der Waals surface area contributed by atoms with E-state index >= 15 is 0 Å². The molecule has 0 saturated carbocycles. The van der Waals surface area contributed by atoms with Crippen LogP contribution >= 0.6 is 0 Å². The number of carbonyl (C=O) groups excluding carboxylic acids is 2. The molecule has 0 spiro atoms. The van der Waals surface area contributed by atoms with Gasteiger partial charge in [0.2, 0.25) is 5.91 Å². The summed E-state index contributed by atoms with van der Waals surface area (Å²) in [5.74, 6) is 0.174. The molecule has 2 atom stereocenters. The highest BCUT2D eigenvalue weighted by atomic mass is 16.2. The first kappa shape index (κ1) is 18.2. The van der Waals surface area contributed by atoms with Crippen LogP contribution < -0.4 is 16.0 Å². The van der Waals surface area contributed by atoms with Crippen LogP contribution in [0.25, 0.3) is 5.65 Å². The van der Waals surface area contributed by atoms with E-state index in [2.05, 4.69) is 26.0 Å². The predicted octanol–water partition coefficient (Wildman–Crippen LogP) is 1.74. The molecule has 3 N–H and O–H groups in total. The number of imidazole rings is 1. The molecular weight excluding hydrogens is 358 g/mol. The molecule has 0 bridgehead atoms. The molecule has 4 rings (SSSR count). The van der Waals surface area contributed by atoms with Gasteiger partial charge in [-0.3, -0.25) is 19.3 Å². The summed E-state index contributed by atoms with van der Waals surface area (Å²) in [5.41, 5.74) is 2.55. The fourth-order valence-electron chi connectivity index (χ4n) is 3.52. The van der Waals surface area contributed by atoms with Gasteiger partial charge in [-0.15, -0.1) is 0 Å². The summed E-state index contributed by atoms with van der Waals surface area (Å²) in [6.07, 6.45) is 2.54. The zero-order valence-corrected chi connectivity index (χ0v) is 16.1. The number of amides is 2. The average Bonchev–Trinajstić information content (AvgIpc) is 3.19. The van der Waals surface area contributed by atoms with E-state index in [0.29, 0.717) is 29.3 Å². The lowest BCUT2D eigenvalue weighted by Gasteiger charge is -2.31. The quantitative estimate of drug-likeness (QED) is 0.638. The van der Waals surface area contributed by atoms with Crippen molar-refractivity contribution in [2.75, 3.05) is 5.32 Å². The number of carbonyl (C=O) groups is 2. The number of nitrogens with one attached hydrogen (secondary N) is 3. The summed E-state index contributed by atoms with van der Waals surface area (Å²) < 4.78 is 3.36. The van der Waals surface area contributed by atoms with Crippen LogP contribution in [-0.4, -0.2) is 37.0 Å². The molecule has 1 aliphatic heterocycles. The Morgan fingerprint density at radius 1 is 1.36 bits per heavy atom. The van der Waals surface area contributed by atoms with Gasteiger partial charge in [0.15, 0.2) is 6.29 Å². The molecule has 9 heteroatoms. The predicted molar refractivity (Wildman–Crippen MR) is 104 cm³/mol. The van der Waals surface area contributed by atoms with E-state index in [4.69, 9.17) is 0 Å². The van der Waals surface area contributed by atoms with Crippen LogP contribution in [0, 0.1) is 13.8 Å². The third-order valence-electron chi connectivity index (χ3n) is 4.88. The van der Waals surface area contributed by atoms with Crippen molar-refractivity contribution < 1.29 is 9.59 Å². The van der Waals surface area contributed by atoms with E-state index in [0.717, 1.165) is 12.1 Å². The summed E-state index contributed by atoms with van der Waals surface area (Å²) in [4.78, 5) is 29.5. The number of aromatic nitrogens is 4. The van der Waals surface area contributed by atoms with Gasteiger partial charge in [-0.2, -0.15) is 5.10 Å². The lowest BCUT2D eigenvalue weighted by molar-refractivity contribution is -0.125. The Bertz CT molecular complexity index is 1050. The number of hydrogen-bond acceptors (Lipinski definition) is 5. The molecule has 146 valence electrons. The van der Waals surface area contributed by atoms with E-state index < -0.39 is 6.29 Å². The van der Waals surface area contributed by atoms with Crippen molar-refractivity contribution in [3.63, 3.8) is 0 Å². The van der Waals surface area contributed by atoms with E-state index in [1.54, 1.807) is 22.1 Å². The van der Waals surface area contributed by atoms with Gasteiger partial charge in [0.05, 0.1) is 11.4 Å². The molecule has 0 aliphatic carbocycles. The van der Waals surface area contributed by atoms with E-state index in [-0.39, 0.29) is 17.9 Å². The molecule has 2 amide bonds. The Hall–Kier alpha value is -3.20. The fourth-order valence-corrected chi connectivity index (χ4v) is 3.52. The topological polar surface area (TPSA) is 105 Å². The second-order valence-corrected chi connectivity index (χ2v) is 6.99. The highest BCUT2D eigenvalue weighted by molar-refractivity contribution is 6.04. The second-order valence-electron chi connectivity index (χ2n) is 6.99. The molecular formula is C19H23N7O2.